The number of nitrogens with one attached hydrogen (secondary N) is 1. The van der Waals surface area contributed by atoms with E-state index >= 15 is 0 Å². The molecule has 0 aliphatic heterocycles. The van der Waals surface area contributed by atoms with Crippen molar-refractivity contribution in [2.24, 2.45) is 0 Å². The molecule has 0 radical (unpaired) electrons. The van der Waals surface area contributed by atoms with Crippen LogP contribution in [-0.4, -0.2) is 21.4 Å². The summed E-state index contributed by atoms with van der Waals surface area (Å²) in [6.45, 7) is 0. The summed E-state index contributed by atoms with van der Waals surface area (Å²) in [6.07, 6.45) is 0. The van der Waals surface area contributed by atoms with Gasteiger partial charge in [0.1, 0.15) is 5.75 Å². The number of carbonyl (C=O) groups excluding carboxylic acids is 1. The number of phenolic OH excluding ortho intramolecular Hbond substituents is 1. The second kappa shape index (κ2) is 7.08. The molecule has 0 heterocycles. The highest BCUT2D eigenvalue weighted by Gasteiger charge is 2.15. The largest absolute Gasteiger partial charge is 0.507 e. The number of benzene rings is 2. The summed E-state index contributed by atoms with van der Waals surface area (Å²) < 4.78 is 0. The second-order valence-electron chi connectivity index (χ2n) is 4.04. The summed E-state index contributed by atoms with van der Waals surface area (Å²) in [5.74, 6) is -0.874. The standard InChI is InChI=1S/C13H8Cl2N2O4.H2O/c14-7-1-4-12(18)9(5-7)13(19)16-11-3-2-8(17(20)21)6-10(11)15;/h1-6,18H,(H,16,19);1H2/i1+1,4+1,5+1,7+1,9+1,12+1;. The fraction of sp³-hybridized carbons (Fsp3) is 0. The fourth-order valence-electron chi connectivity index (χ4n) is 1.60. The first kappa shape index (κ1) is 17.7. The highest BCUT2D eigenvalue weighted by Crippen LogP contribution is 2.28. The third kappa shape index (κ3) is 3.85. The molecule has 0 aliphatic carbocycles. The van der Waals surface area contributed by atoms with Gasteiger partial charge in [-0.15, -0.1) is 0 Å². The van der Waals surface area contributed by atoms with Crippen LogP contribution in [0, 0.1) is 10.1 Å². The van der Waals surface area contributed by atoms with E-state index in [4.69, 9.17) is 23.2 Å². The molecule has 2 aromatic carbocycles. The zero-order chi connectivity index (χ0) is 15.6. The molecule has 2 aromatic rings. The highest BCUT2D eigenvalue weighted by atomic mass is 35.5. The lowest BCUT2D eigenvalue weighted by atomic mass is 10.3. The van der Waals surface area contributed by atoms with Crippen molar-refractivity contribution in [3.8, 4) is 5.75 Å². The van der Waals surface area contributed by atoms with Crippen LogP contribution in [0.25, 0.3) is 0 Å². The zero-order valence-corrected chi connectivity index (χ0v) is 12.4. The molecule has 0 aliphatic rings. The van der Waals surface area contributed by atoms with Gasteiger partial charge in [0.15, 0.2) is 0 Å². The number of non-ortho nitro benzene ring substituents is 1. The van der Waals surface area contributed by atoms with E-state index in [-0.39, 0.29) is 38.2 Å². The molecule has 0 saturated carbocycles. The Morgan fingerprint density at radius 3 is 2.45 bits per heavy atom. The number of nitro benzene ring substituents is 1. The molecule has 0 unspecified atom stereocenters. The number of nitrogens with zero attached hydrogens (tertiary/aromatic N) is 1. The number of hydrogen-bond acceptors (Lipinski definition) is 4. The molecule has 7 nitrogen and oxygen atoms in total. The molecule has 0 fully saturated rings. The van der Waals surface area contributed by atoms with Gasteiger partial charge in [0.05, 0.1) is 21.2 Å². The number of anilines is 1. The first-order valence-electron chi connectivity index (χ1n) is 5.62. The lowest BCUT2D eigenvalue weighted by Gasteiger charge is -2.08. The quantitative estimate of drug-likeness (QED) is 0.651. The Hall–Kier alpha value is -2.35. The first-order valence-corrected chi connectivity index (χ1v) is 6.38. The van der Waals surface area contributed by atoms with Gasteiger partial charge in [-0.1, -0.05) is 23.2 Å². The molecule has 116 valence electrons. The van der Waals surface area contributed by atoms with Crippen LogP contribution in [0.4, 0.5) is 11.4 Å². The van der Waals surface area contributed by atoms with Gasteiger partial charge in [0.2, 0.25) is 0 Å². The Kier molecular flexibility index (Phi) is 5.69. The van der Waals surface area contributed by atoms with Gasteiger partial charge in [-0.2, -0.15) is 0 Å². The first-order chi connectivity index (χ1) is 9.88. The zero-order valence-electron chi connectivity index (χ0n) is 10.8. The molecule has 9 heteroatoms. The van der Waals surface area contributed by atoms with Crippen molar-refractivity contribution in [2.75, 3.05) is 5.32 Å². The predicted octanol–water partition coefficient (Wildman–Crippen LogP) is 3.03. The van der Waals surface area contributed by atoms with Gasteiger partial charge in [-0.25, -0.2) is 0 Å². The minimum Gasteiger partial charge on any atom is -0.507 e. The summed E-state index contributed by atoms with van der Waals surface area (Å²) >= 11 is 11.6. The van der Waals surface area contributed by atoms with E-state index in [9.17, 15) is 20.0 Å². The fourth-order valence-corrected chi connectivity index (χ4v) is 1.99. The number of phenols is 1. The summed E-state index contributed by atoms with van der Waals surface area (Å²) in [5, 5.41) is 23.0. The predicted molar refractivity (Wildman–Crippen MR) is 82.8 cm³/mol. The van der Waals surface area contributed by atoms with Crippen molar-refractivity contribution >= 4 is 40.5 Å². The van der Waals surface area contributed by atoms with Gasteiger partial charge in [0.25, 0.3) is 11.6 Å². The molecule has 1 amide bonds. The number of aromatic hydroxyl groups is 1. The van der Waals surface area contributed by atoms with Crippen molar-refractivity contribution in [3.63, 3.8) is 0 Å². The van der Waals surface area contributed by atoms with Crippen molar-refractivity contribution < 1.29 is 20.3 Å². The van der Waals surface area contributed by atoms with Gasteiger partial charge >= 0.3 is 0 Å². The Morgan fingerprint density at radius 2 is 1.86 bits per heavy atom. The van der Waals surface area contributed by atoms with E-state index in [0.29, 0.717) is 0 Å². The number of hydrogen-bond donors (Lipinski definition) is 2. The average molecular weight is 351 g/mol. The van der Waals surface area contributed by atoms with Crippen LogP contribution in [-0.2, 0) is 0 Å². The molecule has 2 rings (SSSR count). The number of nitro groups is 1. The smallest absolute Gasteiger partial charge is 0.271 e. The van der Waals surface area contributed by atoms with Crippen LogP contribution in [0.5, 0.6) is 5.75 Å². The van der Waals surface area contributed by atoms with E-state index in [2.05, 4.69) is 5.32 Å². The maximum absolute atomic E-state index is 12.0. The maximum atomic E-state index is 12.0. The topological polar surface area (TPSA) is 124 Å². The van der Waals surface area contributed by atoms with Gasteiger partial charge in [-0.3, -0.25) is 14.9 Å². The Morgan fingerprint density at radius 1 is 1.18 bits per heavy atom. The third-order valence-corrected chi connectivity index (χ3v) is 3.16. The summed E-state index contributed by atoms with van der Waals surface area (Å²) in [6, 6.07) is 7.65. The second-order valence-corrected chi connectivity index (χ2v) is 4.88. The van der Waals surface area contributed by atoms with Crippen LogP contribution in [0.1, 0.15) is 10.4 Å². The normalized spacial score (nSPS) is 9.73. The van der Waals surface area contributed by atoms with Gasteiger partial charge in [0, 0.05) is 17.2 Å². The molecular formula is C13H10Cl2N2O5. The van der Waals surface area contributed by atoms with E-state index in [1.165, 1.54) is 30.3 Å². The van der Waals surface area contributed by atoms with Crippen molar-refractivity contribution in [1.29, 1.82) is 0 Å². The van der Waals surface area contributed by atoms with E-state index < -0.39 is 10.8 Å². The molecule has 0 spiro atoms. The molecule has 0 saturated heterocycles. The summed E-state index contributed by atoms with van der Waals surface area (Å²) in [5.41, 5.74) is -0.0350. The molecule has 0 bridgehead atoms. The van der Waals surface area contributed by atoms with Gasteiger partial charge in [-0.05, 0) is 24.3 Å². The number of carbonyl (C=O) groups is 1. The maximum Gasteiger partial charge on any atom is 0.271 e. The average Bonchev–Trinajstić information content (AvgIpc) is 2.43. The van der Waals surface area contributed by atoms with Crippen molar-refractivity contribution in [3.05, 3.63) is 62.1 Å². The highest BCUT2D eigenvalue weighted by molar-refractivity contribution is 6.34. The number of rotatable bonds is 3. The molecule has 0 aromatic heterocycles. The molecule has 22 heavy (non-hydrogen) atoms. The molecular weight excluding hydrogens is 341 g/mol. The third-order valence-electron chi connectivity index (χ3n) is 2.61. The summed E-state index contributed by atoms with van der Waals surface area (Å²) in [7, 11) is 0. The van der Waals surface area contributed by atoms with Crippen LogP contribution in [0.3, 0.4) is 0 Å². The van der Waals surface area contributed by atoms with E-state index in [1.807, 2.05) is 0 Å². The Bertz CT molecular complexity index is 736. The van der Waals surface area contributed by atoms with Gasteiger partial charge < -0.3 is 15.9 Å². The van der Waals surface area contributed by atoms with Crippen LogP contribution >= 0.6 is 23.2 Å². The number of amides is 1. The molecule has 0 atom stereocenters. The Labute approximate surface area is 134 Å². The summed E-state index contributed by atoms with van der Waals surface area (Å²) in [4.78, 5) is 22.0. The SMILES string of the molecule is O.O=C(Nc1ccc([N+](=O)[O-])cc1Cl)[13c]1[13cH][13c](Cl)[13cH][13cH][13c]1O. The minimum absolute atomic E-state index is 0. The van der Waals surface area contributed by atoms with Crippen LogP contribution in [0.15, 0.2) is 36.4 Å². The number of halogens is 2. The Balaban J connectivity index is 0.00000242. The van der Waals surface area contributed by atoms with Crippen molar-refractivity contribution in [2.45, 2.75) is 0 Å². The minimum atomic E-state index is -0.634. The van der Waals surface area contributed by atoms with Crippen LogP contribution in [0.2, 0.25) is 10.0 Å². The monoisotopic (exact) mass is 350 g/mol. The van der Waals surface area contributed by atoms with Crippen molar-refractivity contribution in [1.82, 2.24) is 0 Å². The van der Waals surface area contributed by atoms with E-state index in [1.54, 1.807) is 0 Å². The lowest BCUT2D eigenvalue weighted by Crippen LogP contribution is -2.12. The lowest BCUT2D eigenvalue weighted by molar-refractivity contribution is -0.384. The van der Waals surface area contributed by atoms with Crippen LogP contribution < -0.4 is 5.32 Å². The molecule has 4 N–H and O–H groups in total. The van der Waals surface area contributed by atoms with E-state index in [0.717, 1.165) is 6.07 Å².